The second-order valence-electron chi connectivity index (χ2n) is 31.1. The van der Waals surface area contributed by atoms with Gasteiger partial charge in [-0.25, -0.2) is 0 Å². The summed E-state index contributed by atoms with van der Waals surface area (Å²) < 4.78 is 0. The SMILES string of the molecule is CCCCCCCCCCCCSCCCCCCCCCCCCCCCCCCCCCCCCCCCCCCCCCCCCCCCCCCCCCCCCCCCCCCCCCCCCC(=O)N(CC)CCCCCCCCCCC(=O)NCCC(=O)[O-].[Na+]. The normalized spacial score (nSPS) is 11.5. The van der Waals surface area contributed by atoms with Gasteiger partial charge in [0.05, 0.1) is 0 Å². The molecule has 0 unspecified atom stereocenters. The quantitative estimate of drug-likeness (QED) is 0.0484. The van der Waals surface area contributed by atoms with E-state index in [4.69, 9.17) is 0 Å². The van der Waals surface area contributed by atoms with Gasteiger partial charge in [0.2, 0.25) is 11.8 Å². The summed E-state index contributed by atoms with van der Waals surface area (Å²) >= 11 is 2.23. The van der Waals surface area contributed by atoms with Crippen LogP contribution >= 0.6 is 11.8 Å². The minimum Gasteiger partial charge on any atom is -0.550 e. The molecule has 0 heterocycles. The van der Waals surface area contributed by atoms with Crippen molar-refractivity contribution in [2.45, 2.75) is 521 Å². The number of rotatable bonds is 87. The minimum atomic E-state index is -1.13. The Balaban J connectivity index is 0. The number of unbranched alkanes of at least 4 members (excludes halogenated alkanes) is 73. The third-order valence-corrected chi connectivity index (χ3v) is 22.7. The molecule has 0 aromatic heterocycles. The van der Waals surface area contributed by atoms with E-state index >= 15 is 0 Å². The van der Waals surface area contributed by atoms with E-state index in [1.54, 1.807) is 0 Å². The van der Waals surface area contributed by atoms with Crippen LogP contribution < -0.4 is 40.0 Å². The average Bonchev–Trinajstić information content (AvgIpc) is 3.51. The molecule has 0 atom stereocenters. The maximum Gasteiger partial charge on any atom is 1.00 e. The Morgan fingerprint density at radius 3 is 0.670 bits per heavy atom. The molecular weight excluding hydrogens is 1220 g/mol. The summed E-state index contributed by atoms with van der Waals surface area (Å²) in [7, 11) is 0. The molecule has 6 nitrogen and oxygen atoms in total. The average molecular weight is 1390 g/mol. The first kappa shape index (κ1) is 98.8. The number of aliphatic carboxylic acids is 1. The van der Waals surface area contributed by atoms with Crippen molar-refractivity contribution in [3.8, 4) is 0 Å². The van der Waals surface area contributed by atoms with Crippen molar-refractivity contribution in [1.29, 1.82) is 0 Å². The van der Waals surface area contributed by atoms with Crippen LogP contribution in [0.4, 0.5) is 0 Å². The van der Waals surface area contributed by atoms with Crippen LogP contribution in [-0.4, -0.2) is 53.8 Å². The smallest absolute Gasteiger partial charge is 0.550 e. The Bertz CT molecular complexity index is 1480. The standard InChI is InChI=1S/C89H176N2O4S.Na/c1-3-5-6-7-8-9-63-68-73-78-85-96-86-79-74-69-64-59-57-55-53-51-49-47-45-43-41-39-37-35-33-31-29-27-25-23-21-19-17-15-13-11-10-12-14-16-18-20-22-24-26-28-30-32-34-36-38-40-42-44-46-48-50-52-54-56-58-60-66-71-76-81-88(93)91(4-2)84-77-72-67-62-61-65-70-75-80-87(92)90-83-82-89(94)95;/h3-86H2,1-2H3,(H,90,92)(H,94,95);/q;+1/p-1. The van der Waals surface area contributed by atoms with Gasteiger partial charge in [-0.3, -0.25) is 9.59 Å². The summed E-state index contributed by atoms with van der Waals surface area (Å²) in [5.41, 5.74) is 0. The molecule has 2 amide bonds. The number of carbonyl (C=O) groups is 3. The first-order valence-corrected chi connectivity index (χ1v) is 46.0. The molecule has 0 spiro atoms. The summed E-state index contributed by atoms with van der Waals surface area (Å²) in [6, 6.07) is 0. The van der Waals surface area contributed by atoms with Crippen molar-refractivity contribution in [2.24, 2.45) is 0 Å². The Morgan fingerprint density at radius 2 is 0.454 bits per heavy atom. The first-order valence-electron chi connectivity index (χ1n) is 44.8. The molecule has 0 aromatic carbocycles. The predicted octanol–water partition coefficient (Wildman–Crippen LogP) is 26.3. The maximum atomic E-state index is 12.8. The number of hydrogen-bond donors (Lipinski definition) is 1. The van der Waals surface area contributed by atoms with Crippen molar-refractivity contribution < 1.29 is 49.0 Å². The largest absolute Gasteiger partial charge is 1.00 e. The van der Waals surface area contributed by atoms with E-state index in [0.29, 0.717) is 18.7 Å². The van der Waals surface area contributed by atoms with Crippen LogP contribution in [0.3, 0.4) is 0 Å². The van der Waals surface area contributed by atoms with E-state index in [1.807, 2.05) is 0 Å². The second kappa shape index (κ2) is 90.0. The molecule has 0 aliphatic rings. The van der Waals surface area contributed by atoms with Crippen molar-refractivity contribution in [2.75, 3.05) is 31.1 Å². The van der Waals surface area contributed by atoms with E-state index in [-0.39, 0.29) is 48.4 Å². The third kappa shape index (κ3) is 88.1. The van der Waals surface area contributed by atoms with Gasteiger partial charge in [0.1, 0.15) is 0 Å². The number of hydrogen-bond acceptors (Lipinski definition) is 5. The maximum absolute atomic E-state index is 12.8. The zero-order valence-electron chi connectivity index (χ0n) is 66.9. The van der Waals surface area contributed by atoms with Crippen molar-refractivity contribution in [3.05, 3.63) is 0 Å². The van der Waals surface area contributed by atoms with Crippen LogP contribution in [0.5, 0.6) is 0 Å². The van der Waals surface area contributed by atoms with Gasteiger partial charge in [-0.05, 0) is 50.5 Å². The molecule has 0 aliphatic heterocycles. The van der Waals surface area contributed by atoms with Crippen LogP contribution in [0, 0.1) is 0 Å². The molecule has 0 radical (unpaired) electrons. The van der Waals surface area contributed by atoms with Crippen LogP contribution in [0.2, 0.25) is 0 Å². The Labute approximate surface area is 636 Å². The van der Waals surface area contributed by atoms with Crippen LogP contribution in [0.1, 0.15) is 521 Å². The van der Waals surface area contributed by atoms with Crippen LogP contribution in [0.15, 0.2) is 0 Å². The molecule has 0 aromatic rings. The van der Waals surface area contributed by atoms with Gasteiger partial charge in [0, 0.05) is 44.9 Å². The third-order valence-electron chi connectivity index (χ3n) is 21.5. The monoisotopic (exact) mass is 1390 g/mol. The Morgan fingerprint density at radius 1 is 0.258 bits per heavy atom. The number of nitrogens with zero attached hydrogens (tertiary/aromatic N) is 1. The molecule has 97 heavy (non-hydrogen) atoms. The van der Waals surface area contributed by atoms with Crippen LogP contribution in [-0.2, 0) is 14.4 Å². The van der Waals surface area contributed by atoms with E-state index in [0.717, 1.165) is 45.2 Å². The van der Waals surface area contributed by atoms with Gasteiger partial charge >= 0.3 is 29.6 Å². The summed E-state index contributed by atoms with van der Waals surface area (Å²) in [5, 5.41) is 13.1. The van der Waals surface area contributed by atoms with Gasteiger partial charge in [0.25, 0.3) is 0 Å². The second-order valence-corrected chi connectivity index (χ2v) is 32.3. The molecule has 8 heteroatoms. The molecule has 0 saturated heterocycles. The van der Waals surface area contributed by atoms with Crippen molar-refractivity contribution in [1.82, 2.24) is 10.2 Å². The van der Waals surface area contributed by atoms with E-state index in [1.165, 1.54) is 467 Å². The van der Waals surface area contributed by atoms with Gasteiger partial charge in [-0.2, -0.15) is 11.8 Å². The number of thioether (sulfide) groups is 1. The Kier molecular flexibility index (Phi) is 91.7. The molecule has 0 aliphatic carbocycles. The van der Waals surface area contributed by atoms with Gasteiger partial charge in [-0.15, -0.1) is 0 Å². The van der Waals surface area contributed by atoms with E-state index in [9.17, 15) is 19.5 Å². The Hall–Kier alpha value is -0.240. The molecule has 0 saturated carbocycles. The number of carboxylic acid groups (broad SMARTS) is 1. The number of carboxylic acids is 1. The fourth-order valence-corrected chi connectivity index (χ4v) is 15.9. The summed E-state index contributed by atoms with van der Waals surface area (Å²) in [6.45, 7) is 6.29. The first-order chi connectivity index (χ1) is 47.5. The summed E-state index contributed by atoms with van der Waals surface area (Å²) in [4.78, 5) is 37.0. The van der Waals surface area contributed by atoms with E-state index < -0.39 is 5.97 Å². The number of amides is 2. The molecule has 0 fully saturated rings. The van der Waals surface area contributed by atoms with Gasteiger partial charge < -0.3 is 20.1 Å². The predicted molar refractivity (Wildman–Crippen MR) is 428 cm³/mol. The summed E-state index contributed by atoms with van der Waals surface area (Å²) in [5.74, 6) is 1.96. The number of carbonyl (C=O) groups excluding carboxylic acids is 3. The number of nitrogens with one attached hydrogen (secondary N) is 1. The molecule has 0 bridgehead atoms. The van der Waals surface area contributed by atoms with Crippen LogP contribution in [0.25, 0.3) is 0 Å². The fourth-order valence-electron chi connectivity index (χ4n) is 14.8. The zero-order chi connectivity index (χ0) is 69.1. The van der Waals surface area contributed by atoms with Crippen molar-refractivity contribution >= 4 is 29.5 Å². The minimum absolute atomic E-state index is 0. The molecule has 0 rings (SSSR count). The van der Waals surface area contributed by atoms with E-state index in [2.05, 4.69) is 35.8 Å². The zero-order valence-corrected chi connectivity index (χ0v) is 69.7. The fraction of sp³-hybridized carbons (Fsp3) is 0.966. The summed E-state index contributed by atoms with van der Waals surface area (Å²) in [6.07, 6.45) is 109. The molecule has 572 valence electrons. The molecule has 1 N–H and O–H groups in total. The van der Waals surface area contributed by atoms with Gasteiger partial charge in [0.15, 0.2) is 0 Å². The topological polar surface area (TPSA) is 89.5 Å². The molecular formula is C89H175N2NaO4S. The van der Waals surface area contributed by atoms with Crippen molar-refractivity contribution in [3.63, 3.8) is 0 Å². The van der Waals surface area contributed by atoms with Gasteiger partial charge in [-0.1, -0.05) is 463 Å².